The molecule has 1 heterocycles. The van der Waals surface area contributed by atoms with Crippen LogP contribution in [0.15, 0.2) is 51.9 Å². The molecule has 0 unspecified atom stereocenters. The van der Waals surface area contributed by atoms with Gasteiger partial charge in [-0.1, -0.05) is 45.5 Å². The molecule has 4 rings (SSSR count). The lowest BCUT2D eigenvalue weighted by Gasteiger charge is -2.15. The maximum atomic E-state index is 5.36. The molecule has 1 aliphatic carbocycles. The van der Waals surface area contributed by atoms with E-state index in [2.05, 4.69) is 33.1 Å². The first-order valence-electron chi connectivity index (χ1n) is 7.69. The molecule has 1 aromatic heterocycles. The van der Waals surface area contributed by atoms with Gasteiger partial charge in [0, 0.05) is 21.1 Å². The molecule has 0 aliphatic heterocycles. The molecule has 0 radical (unpaired) electrons. The molecule has 0 amide bonds. The Labute approximate surface area is 153 Å². The highest BCUT2D eigenvalue weighted by molar-refractivity contribution is 9.10. The summed E-state index contributed by atoms with van der Waals surface area (Å²) in [6.45, 7) is 0. The van der Waals surface area contributed by atoms with Crippen LogP contribution >= 0.6 is 27.3 Å². The number of aromatic nitrogens is 1. The van der Waals surface area contributed by atoms with Crippen molar-refractivity contribution in [3.63, 3.8) is 0 Å². The third-order valence-corrected chi connectivity index (χ3v) is 5.57. The highest BCUT2D eigenvalue weighted by atomic mass is 79.9. The zero-order valence-corrected chi connectivity index (χ0v) is 15.5. The largest absolute Gasteiger partial charge is 0.497 e. The molecule has 0 saturated heterocycles. The van der Waals surface area contributed by atoms with Crippen molar-refractivity contribution in [3.8, 4) is 17.0 Å². The van der Waals surface area contributed by atoms with Crippen LogP contribution in [-0.4, -0.2) is 18.3 Å². The summed E-state index contributed by atoms with van der Waals surface area (Å²) < 4.78 is 6.41. The fourth-order valence-corrected chi connectivity index (χ4v) is 4.20. The van der Waals surface area contributed by atoms with E-state index >= 15 is 0 Å². The Morgan fingerprint density at radius 1 is 1.21 bits per heavy atom. The Morgan fingerprint density at radius 3 is 2.96 bits per heavy atom. The molecular weight excluding hydrogens is 384 g/mol. The van der Waals surface area contributed by atoms with E-state index in [-0.39, 0.29) is 0 Å². The molecule has 2 aromatic carbocycles. The number of methoxy groups -OCH3 is 1. The molecule has 120 valence electrons. The maximum Gasteiger partial charge on any atom is 0.209 e. The van der Waals surface area contributed by atoms with Gasteiger partial charge >= 0.3 is 0 Å². The standard InChI is InChI=1S/C19H15BrN2OS/c1-23-15-7-5-13-6-8-17-18(16(13)10-15)22-19(24-17)21-11-12-3-2-4-14(20)9-12/h2-5,7,9-11H,6,8H2,1H3. The summed E-state index contributed by atoms with van der Waals surface area (Å²) in [6, 6.07) is 14.3. The fourth-order valence-electron chi connectivity index (χ4n) is 2.86. The summed E-state index contributed by atoms with van der Waals surface area (Å²) in [4.78, 5) is 10.6. The van der Waals surface area contributed by atoms with Gasteiger partial charge in [-0.05, 0) is 48.2 Å². The second kappa shape index (κ2) is 6.49. The molecule has 0 atom stereocenters. The average Bonchev–Trinajstić information content (AvgIpc) is 3.03. The van der Waals surface area contributed by atoms with E-state index in [1.54, 1.807) is 18.4 Å². The van der Waals surface area contributed by atoms with E-state index in [4.69, 9.17) is 9.72 Å². The highest BCUT2D eigenvalue weighted by Gasteiger charge is 2.21. The number of rotatable bonds is 3. The number of aliphatic imine (C=N–C) groups is 1. The highest BCUT2D eigenvalue weighted by Crippen LogP contribution is 2.40. The molecule has 0 fully saturated rings. The van der Waals surface area contributed by atoms with Gasteiger partial charge in [0.05, 0.1) is 12.8 Å². The number of ether oxygens (including phenoxy) is 1. The lowest BCUT2D eigenvalue weighted by Crippen LogP contribution is -2.02. The van der Waals surface area contributed by atoms with Crippen LogP contribution in [-0.2, 0) is 12.8 Å². The van der Waals surface area contributed by atoms with Crippen LogP contribution in [0, 0.1) is 0 Å². The SMILES string of the molecule is COc1ccc2c(c1)-c1nc(N=Cc3cccc(Br)c3)sc1CC2. The molecule has 0 spiro atoms. The van der Waals surface area contributed by atoms with Gasteiger partial charge in [0.15, 0.2) is 0 Å². The summed E-state index contributed by atoms with van der Waals surface area (Å²) in [5.74, 6) is 0.869. The predicted molar refractivity (Wildman–Crippen MR) is 103 cm³/mol. The number of benzene rings is 2. The number of hydrogen-bond acceptors (Lipinski definition) is 4. The van der Waals surface area contributed by atoms with Gasteiger partial charge in [-0.2, -0.15) is 0 Å². The Morgan fingerprint density at radius 2 is 2.12 bits per heavy atom. The van der Waals surface area contributed by atoms with E-state index in [1.165, 1.54) is 16.0 Å². The summed E-state index contributed by atoms with van der Waals surface area (Å²) in [5.41, 5.74) is 4.62. The van der Waals surface area contributed by atoms with Crippen LogP contribution < -0.4 is 4.74 Å². The molecule has 24 heavy (non-hydrogen) atoms. The Hall–Kier alpha value is -1.98. The Bertz CT molecular complexity index is 933. The van der Waals surface area contributed by atoms with Crippen LogP contribution in [0.1, 0.15) is 16.0 Å². The first kappa shape index (κ1) is 15.5. The minimum Gasteiger partial charge on any atom is -0.497 e. The third kappa shape index (κ3) is 3.01. The summed E-state index contributed by atoms with van der Waals surface area (Å²) >= 11 is 5.15. The van der Waals surface area contributed by atoms with E-state index in [0.29, 0.717) is 0 Å². The number of hydrogen-bond donors (Lipinski definition) is 0. The van der Waals surface area contributed by atoms with Crippen molar-refractivity contribution in [2.24, 2.45) is 4.99 Å². The fraction of sp³-hybridized carbons (Fsp3) is 0.158. The van der Waals surface area contributed by atoms with Gasteiger partial charge in [0.25, 0.3) is 0 Å². The molecular formula is C19H15BrN2OS. The van der Waals surface area contributed by atoms with Crippen molar-refractivity contribution >= 4 is 38.6 Å². The van der Waals surface area contributed by atoms with Crippen LogP contribution in [0.3, 0.4) is 0 Å². The Kier molecular flexibility index (Phi) is 4.21. The summed E-state index contributed by atoms with van der Waals surface area (Å²) in [6.07, 6.45) is 3.93. The molecule has 3 nitrogen and oxygen atoms in total. The monoisotopic (exact) mass is 398 g/mol. The zero-order valence-electron chi connectivity index (χ0n) is 13.1. The van der Waals surface area contributed by atoms with Crippen LogP contribution in [0.5, 0.6) is 5.75 Å². The zero-order chi connectivity index (χ0) is 16.5. The maximum absolute atomic E-state index is 5.36. The molecule has 5 heteroatoms. The second-order valence-corrected chi connectivity index (χ2v) is 7.58. The number of fused-ring (bicyclic) bond motifs is 3. The third-order valence-electron chi connectivity index (χ3n) is 4.05. The molecule has 1 aliphatic rings. The Balaban J connectivity index is 1.68. The number of thiazole rings is 1. The van der Waals surface area contributed by atoms with E-state index in [0.717, 1.165) is 39.5 Å². The van der Waals surface area contributed by atoms with Gasteiger partial charge in [-0.3, -0.25) is 0 Å². The first-order chi connectivity index (χ1) is 11.7. The summed E-state index contributed by atoms with van der Waals surface area (Å²) in [5, 5.41) is 0.802. The van der Waals surface area contributed by atoms with Crippen molar-refractivity contribution in [2.45, 2.75) is 12.8 Å². The van der Waals surface area contributed by atoms with Gasteiger partial charge in [-0.25, -0.2) is 9.98 Å². The van der Waals surface area contributed by atoms with Crippen molar-refractivity contribution in [1.82, 2.24) is 4.98 Å². The summed E-state index contributed by atoms with van der Waals surface area (Å²) in [7, 11) is 1.69. The number of nitrogens with zero attached hydrogens (tertiary/aromatic N) is 2. The normalized spacial score (nSPS) is 12.9. The van der Waals surface area contributed by atoms with Gasteiger partial charge < -0.3 is 4.74 Å². The number of aryl methyl sites for hydroxylation is 2. The van der Waals surface area contributed by atoms with Crippen molar-refractivity contribution < 1.29 is 4.74 Å². The first-order valence-corrected chi connectivity index (χ1v) is 9.30. The molecule has 0 bridgehead atoms. The van der Waals surface area contributed by atoms with Crippen LogP contribution in [0.25, 0.3) is 11.3 Å². The van der Waals surface area contributed by atoms with Crippen molar-refractivity contribution in [1.29, 1.82) is 0 Å². The lowest BCUT2D eigenvalue weighted by atomic mass is 9.93. The van der Waals surface area contributed by atoms with Crippen LogP contribution in [0.4, 0.5) is 5.13 Å². The van der Waals surface area contributed by atoms with E-state index in [1.807, 2.05) is 36.5 Å². The van der Waals surface area contributed by atoms with Crippen LogP contribution in [0.2, 0.25) is 0 Å². The molecule has 0 saturated carbocycles. The topological polar surface area (TPSA) is 34.5 Å². The van der Waals surface area contributed by atoms with Gasteiger partial charge in [0.2, 0.25) is 5.13 Å². The molecule has 3 aromatic rings. The minimum atomic E-state index is 0.802. The minimum absolute atomic E-state index is 0.802. The van der Waals surface area contributed by atoms with Gasteiger partial charge in [-0.15, -0.1) is 0 Å². The second-order valence-electron chi connectivity index (χ2n) is 5.60. The van der Waals surface area contributed by atoms with Gasteiger partial charge in [0.1, 0.15) is 5.75 Å². The lowest BCUT2D eigenvalue weighted by molar-refractivity contribution is 0.415. The average molecular weight is 399 g/mol. The molecule has 0 N–H and O–H groups in total. The van der Waals surface area contributed by atoms with Crippen molar-refractivity contribution in [3.05, 3.63) is 62.9 Å². The van der Waals surface area contributed by atoms with E-state index < -0.39 is 0 Å². The predicted octanol–water partition coefficient (Wildman–Crippen LogP) is 5.43. The smallest absolute Gasteiger partial charge is 0.209 e. The van der Waals surface area contributed by atoms with Crippen molar-refractivity contribution in [2.75, 3.05) is 7.11 Å². The van der Waals surface area contributed by atoms with E-state index in [9.17, 15) is 0 Å². The number of halogens is 1. The quantitative estimate of drug-likeness (QED) is 0.551.